The minimum Gasteiger partial charge on any atom is -0.494 e. The summed E-state index contributed by atoms with van der Waals surface area (Å²) in [5.41, 5.74) is 1.24. The molecule has 0 bridgehead atoms. The molecule has 0 spiro atoms. The molecule has 0 atom stereocenters. The van der Waals surface area contributed by atoms with Crippen LogP contribution in [0.1, 0.15) is 44.0 Å². The van der Waals surface area contributed by atoms with Gasteiger partial charge in [0.1, 0.15) is 11.5 Å². The fourth-order valence-corrected chi connectivity index (χ4v) is 2.27. The monoisotopic (exact) mass is 341 g/mol. The second kappa shape index (κ2) is 9.72. The smallest absolute Gasteiger partial charge is 0.259 e. The maximum absolute atomic E-state index is 12.6. The summed E-state index contributed by atoms with van der Waals surface area (Å²) in [4.78, 5) is 12.6. The van der Waals surface area contributed by atoms with Crippen molar-refractivity contribution in [3.05, 3.63) is 54.1 Å². The number of benzene rings is 2. The average Bonchev–Trinajstić information content (AvgIpc) is 2.60. The van der Waals surface area contributed by atoms with Crippen molar-refractivity contribution >= 4 is 11.6 Å². The van der Waals surface area contributed by atoms with Crippen LogP contribution in [0.25, 0.3) is 0 Å². The Morgan fingerprint density at radius 1 is 1.04 bits per heavy atom. The summed E-state index contributed by atoms with van der Waals surface area (Å²) in [6.07, 6.45) is 1.89. The van der Waals surface area contributed by atoms with Gasteiger partial charge in [-0.2, -0.15) is 0 Å². The van der Waals surface area contributed by atoms with Crippen molar-refractivity contribution in [1.82, 2.24) is 0 Å². The van der Waals surface area contributed by atoms with Crippen molar-refractivity contribution < 1.29 is 14.3 Å². The highest BCUT2D eigenvalue weighted by molar-refractivity contribution is 6.06. The van der Waals surface area contributed by atoms with Crippen molar-refractivity contribution in [3.63, 3.8) is 0 Å². The van der Waals surface area contributed by atoms with E-state index < -0.39 is 0 Å². The maximum Gasteiger partial charge on any atom is 0.259 e. The number of para-hydroxylation sites is 1. The van der Waals surface area contributed by atoms with E-state index in [4.69, 9.17) is 9.47 Å². The Morgan fingerprint density at radius 2 is 1.84 bits per heavy atom. The summed E-state index contributed by atoms with van der Waals surface area (Å²) in [5, 5.41) is 2.92. The highest BCUT2D eigenvalue weighted by Crippen LogP contribution is 2.22. The first kappa shape index (κ1) is 18.8. The molecule has 1 amide bonds. The lowest BCUT2D eigenvalue weighted by molar-refractivity contribution is 0.102. The van der Waals surface area contributed by atoms with Crippen LogP contribution in [0.5, 0.6) is 11.5 Å². The predicted octanol–water partition coefficient (Wildman–Crippen LogP) is 5.15. The molecular formula is C21H27NO3. The Morgan fingerprint density at radius 3 is 2.60 bits per heavy atom. The Kier molecular flexibility index (Phi) is 7.33. The third-order valence-electron chi connectivity index (χ3n) is 3.65. The van der Waals surface area contributed by atoms with Gasteiger partial charge in [-0.1, -0.05) is 39.0 Å². The summed E-state index contributed by atoms with van der Waals surface area (Å²) in [6.45, 7) is 7.62. The first-order valence-corrected chi connectivity index (χ1v) is 8.86. The largest absolute Gasteiger partial charge is 0.494 e. The van der Waals surface area contributed by atoms with Crippen LogP contribution in [0.15, 0.2) is 48.5 Å². The number of ether oxygens (including phenoxy) is 2. The fourth-order valence-electron chi connectivity index (χ4n) is 2.27. The zero-order valence-electron chi connectivity index (χ0n) is 15.2. The highest BCUT2D eigenvalue weighted by Gasteiger charge is 2.12. The van der Waals surface area contributed by atoms with E-state index in [0.717, 1.165) is 18.6 Å². The van der Waals surface area contributed by atoms with Gasteiger partial charge in [-0.3, -0.25) is 4.79 Å². The van der Waals surface area contributed by atoms with Gasteiger partial charge in [0.05, 0.1) is 18.8 Å². The van der Waals surface area contributed by atoms with E-state index in [2.05, 4.69) is 19.2 Å². The molecule has 25 heavy (non-hydrogen) atoms. The first-order chi connectivity index (χ1) is 12.1. The van der Waals surface area contributed by atoms with Crippen molar-refractivity contribution in [1.29, 1.82) is 0 Å². The van der Waals surface area contributed by atoms with Gasteiger partial charge in [0.15, 0.2) is 0 Å². The number of nitrogens with one attached hydrogen (secondary N) is 1. The van der Waals surface area contributed by atoms with Crippen molar-refractivity contribution in [2.24, 2.45) is 5.92 Å². The quantitative estimate of drug-likeness (QED) is 0.686. The minimum atomic E-state index is -0.189. The molecule has 0 radical (unpaired) electrons. The van der Waals surface area contributed by atoms with E-state index in [9.17, 15) is 4.79 Å². The van der Waals surface area contributed by atoms with Gasteiger partial charge in [-0.15, -0.1) is 0 Å². The van der Waals surface area contributed by atoms with Gasteiger partial charge in [0.25, 0.3) is 5.91 Å². The van der Waals surface area contributed by atoms with E-state index >= 15 is 0 Å². The normalized spacial score (nSPS) is 10.6. The Labute approximate surface area is 150 Å². The molecule has 0 heterocycles. The summed E-state index contributed by atoms with van der Waals surface area (Å²) in [6, 6.07) is 14.7. The lowest BCUT2D eigenvalue weighted by Crippen LogP contribution is -2.14. The van der Waals surface area contributed by atoms with Gasteiger partial charge in [0.2, 0.25) is 0 Å². The van der Waals surface area contributed by atoms with Gasteiger partial charge in [0, 0.05) is 11.8 Å². The molecule has 2 rings (SSSR count). The molecule has 0 fully saturated rings. The Hall–Kier alpha value is -2.49. The van der Waals surface area contributed by atoms with Crippen LogP contribution in [-0.2, 0) is 0 Å². The van der Waals surface area contributed by atoms with E-state index in [1.807, 2.05) is 49.4 Å². The van der Waals surface area contributed by atoms with Crippen molar-refractivity contribution in [2.75, 3.05) is 18.5 Å². The molecule has 4 heteroatoms. The summed E-state index contributed by atoms with van der Waals surface area (Å²) in [7, 11) is 0. The van der Waals surface area contributed by atoms with E-state index in [1.165, 1.54) is 0 Å². The van der Waals surface area contributed by atoms with E-state index in [0.29, 0.717) is 36.1 Å². The molecule has 0 saturated carbocycles. The molecule has 4 nitrogen and oxygen atoms in total. The van der Waals surface area contributed by atoms with Crippen LogP contribution < -0.4 is 14.8 Å². The second-order valence-electron chi connectivity index (χ2n) is 6.36. The van der Waals surface area contributed by atoms with Crippen LogP contribution in [0, 0.1) is 5.92 Å². The number of hydrogen-bond acceptors (Lipinski definition) is 3. The van der Waals surface area contributed by atoms with Gasteiger partial charge in [-0.05, 0) is 43.0 Å². The molecule has 2 aromatic carbocycles. The van der Waals surface area contributed by atoms with Gasteiger partial charge >= 0.3 is 0 Å². The number of rotatable bonds is 9. The molecule has 0 aliphatic carbocycles. The van der Waals surface area contributed by atoms with Crippen molar-refractivity contribution in [3.8, 4) is 11.5 Å². The molecule has 0 aromatic heterocycles. The second-order valence-corrected chi connectivity index (χ2v) is 6.36. The number of carbonyl (C=O) groups is 1. The van der Waals surface area contributed by atoms with Crippen LogP contribution in [0.2, 0.25) is 0 Å². The lowest BCUT2D eigenvalue weighted by Gasteiger charge is -2.12. The summed E-state index contributed by atoms with van der Waals surface area (Å²) >= 11 is 0. The van der Waals surface area contributed by atoms with Gasteiger partial charge < -0.3 is 14.8 Å². The number of carbonyl (C=O) groups excluding carboxylic acids is 1. The average molecular weight is 341 g/mol. The molecule has 0 aliphatic rings. The molecule has 1 N–H and O–H groups in total. The van der Waals surface area contributed by atoms with E-state index in [1.54, 1.807) is 6.07 Å². The number of hydrogen-bond donors (Lipinski definition) is 1. The SMILES string of the molecule is CCCOc1ccccc1C(=O)Nc1cccc(OCCC(C)C)c1. The Balaban J connectivity index is 2.03. The van der Waals surface area contributed by atoms with E-state index in [-0.39, 0.29) is 5.91 Å². The molecule has 0 unspecified atom stereocenters. The zero-order valence-corrected chi connectivity index (χ0v) is 15.2. The lowest BCUT2D eigenvalue weighted by atomic mass is 10.1. The Bertz CT molecular complexity index is 682. The van der Waals surface area contributed by atoms with Crippen LogP contribution in [0.4, 0.5) is 5.69 Å². The topological polar surface area (TPSA) is 47.6 Å². The molecule has 0 aliphatic heterocycles. The van der Waals surface area contributed by atoms with Gasteiger partial charge in [-0.25, -0.2) is 0 Å². The fraction of sp³-hybridized carbons (Fsp3) is 0.381. The van der Waals surface area contributed by atoms with Crippen LogP contribution in [-0.4, -0.2) is 19.1 Å². The number of anilines is 1. The van der Waals surface area contributed by atoms with Crippen LogP contribution in [0.3, 0.4) is 0 Å². The highest BCUT2D eigenvalue weighted by atomic mass is 16.5. The van der Waals surface area contributed by atoms with Crippen molar-refractivity contribution in [2.45, 2.75) is 33.6 Å². The molecule has 2 aromatic rings. The maximum atomic E-state index is 12.6. The molecular weight excluding hydrogens is 314 g/mol. The first-order valence-electron chi connectivity index (χ1n) is 8.86. The standard InChI is InChI=1S/C21H27NO3/c1-4-13-25-20-11-6-5-10-19(20)21(23)22-17-8-7-9-18(15-17)24-14-12-16(2)3/h5-11,15-16H,4,12-14H2,1-3H3,(H,22,23). The number of amides is 1. The summed E-state index contributed by atoms with van der Waals surface area (Å²) in [5.74, 6) is 1.77. The third kappa shape index (κ3) is 6.14. The molecule has 0 saturated heterocycles. The van der Waals surface area contributed by atoms with Crippen LogP contribution >= 0.6 is 0 Å². The zero-order chi connectivity index (χ0) is 18.1. The third-order valence-corrected chi connectivity index (χ3v) is 3.65. The molecule has 134 valence electrons. The minimum absolute atomic E-state index is 0.189. The summed E-state index contributed by atoms with van der Waals surface area (Å²) < 4.78 is 11.4. The predicted molar refractivity (Wildman–Crippen MR) is 102 cm³/mol.